The van der Waals surface area contributed by atoms with Gasteiger partial charge in [-0.2, -0.15) is 0 Å². The molecule has 0 aliphatic rings. The molecule has 0 bridgehead atoms. The third-order valence-corrected chi connectivity index (χ3v) is 2.29. The molecule has 4 nitrogen and oxygen atoms in total. The molecule has 0 radical (unpaired) electrons. The smallest absolute Gasteiger partial charge is 0.149 e. The van der Waals surface area contributed by atoms with E-state index in [4.69, 9.17) is 4.74 Å². The molecule has 0 amide bonds. The number of rotatable bonds is 4. The number of hydrogen-bond acceptors (Lipinski definition) is 4. The van der Waals surface area contributed by atoms with Crippen molar-refractivity contribution in [2.45, 2.75) is 6.61 Å². The zero-order chi connectivity index (χ0) is 12.1. The first-order valence-electron chi connectivity index (χ1n) is 5.12. The SMILES string of the molecule is O=Nc1ccc(OCc2ccccc2)cc1O. The summed E-state index contributed by atoms with van der Waals surface area (Å²) in [6.07, 6.45) is 0. The van der Waals surface area contributed by atoms with E-state index < -0.39 is 0 Å². The maximum absolute atomic E-state index is 10.3. The van der Waals surface area contributed by atoms with Crippen molar-refractivity contribution in [3.8, 4) is 11.5 Å². The second-order valence-electron chi connectivity index (χ2n) is 3.52. The van der Waals surface area contributed by atoms with Crippen LogP contribution in [-0.4, -0.2) is 5.11 Å². The molecule has 2 aromatic rings. The summed E-state index contributed by atoms with van der Waals surface area (Å²) in [5, 5.41) is 12.1. The molecule has 0 unspecified atom stereocenters. The van der Waals surface area contributed by atoms with Crippen LogP contribution in [0.5, 0.6) is 11.5 Å². The molecule has 4 heteroatoms. The van der Waals surface area contributed by atoms with Gasteiger partial charge in [-0.3, -0.25) is 0 Å². The highest BCUT2D eigenvalue weighted by Crippen LogP contribution is 2.30. The lowest BCUT2D eigenvalue weighted by atomic mass is 10.2. The third kappa shape index (κ3) is 2.81. The van der Waals surface area contributed by atoms with Crippen LogP contribution in [0, 0.1) is 4.91 Å². The number of ether oxygens (including phenoxy) is 1. The fourth-order valence-electron chi connectivity index (χ4n) is 1.41. The summed E-state index contributed by atoms with van der Waals surface area (Å²) in [7, 11) is 0. The summed E-state index contributed by atoms with van der Waals surface area (Å²) in [5.41, 5.74) is 1.04. The van der Waals surface area contributed by atoms with Crippen LogP contribution in [-0.2, 0) is 6.61 Å². The van der Waals surface area contributed by atoms with Crippen molar-refractivity contribution < 1.29 is 9.84 Å². The van der Waals surface area contributed by atoms with Crippen LogP contribution in [0.1, 0.15) is 5.56 Å². The van der Waals surface area contributed by atoms with E-state index in [9.17, 15) is 10.0 Å². The molecule has 0 fully saturated rings. The molecule has 0 spiro atoms. The molecule has 0 aliphatic heterocycles. The lowest BCUT2D eigenvalue weighted by molar-refractivity contribution is 0.304. The van der Waals surface area contributed by atoms with Crippen LogP contribution >= 0.6 is 0 Å². The molecular formula is C13H11NO3. The van der Waals surface area contributed by atoms with Gasteiger partial charge in [0.2, 0.25) is 0 Å². The maximum Gasteiger partial charge on any atom is 0.149 e. The molecule has 0 saturated carbocycles. The van der Waals surface area contributed by atoms with E-state index >= 15 is 0 Å². The van der Waals surface area contributed by atoms with E-state index in [1.54, 1.807) is 6.07 Å². The van der Waals surface area contributed by atoms with Crippen molar-refractivity contribution in [1.82, 2.24) is 0 Å². The Morgan fingerprint density at radius 3 is 2.53 bits per heavy atom. The predicted molar refractivity (Wildman–Crippen MR) is 64.3 cm³/mol. The molecule has 0 aliphatic carbocycles. The first kappa shape index (κ1) is 11.1. The van der Waals surface area contributed by atoms with Gasteiger partial charge in [0, 0.05) is 6.07 Å². The normalized spacial score (nSPS) is 9.88. The lowest BCUT2D eigenvalue weighted by Gasteiger charge is -2.06. The van der Waals surface area contributed by atoms with Crippen LogP contribution in [0.2, 0.25) is 0 Å². The minimum absolute atomic E-state index is 0.0112. The second-order valence-corrected chi connectivity index (χ2v) is 3.52. The number of nitrogens with zero attached hydrogens (tertiary/aromatic N) is 1. The first-order valence-corrected chi connectivity index (χ1v) is 5.12. The molecule has 0 atom stereocenters. The molecule has 0 saturated heterocycles. The molecule has 17 heavy (non-hydrogen) atoms. The van der Waals surface area contributed by atoms with E-state index in [0.29, 0.717) is 12.4 Å². The van der Waals surface area contributed by atoms with Gasteiger partial charge >= 0.3 is 0 Å². The van der Waals surface area contributed by atoms with Crippen molar-refractivity contribution in [3.05, 3.63) is 59.0 Å². The summed E-state index contributed by atoms with van der Waals surface area (Å²) in [6, 6.07) is 14.1. The Morgan fingerprint density at radius 2 is 1.88 bits per heavy atom. The summed E-state index contributed by atoms with van der Waals surface area (Å²) in [4.78, 5) is 10.3. The van der Waals surface area contributed by atoms with Crippen LogP contribution in [0.3, 0.4) is 0 Å². The van der Waals surface area contributed by atoms with E-state index in [1.165, 1.54) is 12.1 Å². The number of phenols is 1. The van der Waals surface area contributed by atoms with E-state index in [-0.39, 0.29) is 11.4 Å². The molecule has 2 aromatic carbocycles. The van der Waals surface area contributed by atoms with Crippen LogP contribution in [0.25, 0.3) is 0 Å². The molecule has 0 heterocycles. The van der Waals surface area contributed by atoms with Gasteiger partial charge in [0.15, 0.2) is 0 Å². The summed E-state index contributed by atoms with van der Waals surface area (Å²) in [6.45, 7) is 0.411. The van der Waals surface area contributed by atoms with Crippen molar-refractivity contribution >= 4 is 5.69 Å². The van der Waals surface area contributed by atoms with Gasteiger partial charge < -0.3 is 9.84 Å². The average Bonchev–Trinajstić information content (AvgIpc) is 2.38. The first-order chi connectivity index (χ1) is 8.29. The van der Waals surface area contributed by atoms with Crippen LogP contribution in [0.4, 0.5) is 5.69 Å². The van der Waals surface area contributed by atoms with Crippen LogP contribution in [0.15, 0.2) is 53.7 Å². The highest BCUT2D eigenvalue weighted by Gasteiger charge is 2.03. The molecular weight excluding hydrogens is 218 g/mol. The zero-order valence-corrected chi connectivity index (χ0v) is 9.04. The van der Waals surface area contributed by atoms with E-state index in [0.717, 1.165) is 5.56 Å². The molecule has 1 N–H and O–H groups in total. The largest absolute Gasteiger partial charge is 0.505 e. The topological polar surface area (TPSA) is 58.9 Å². The molecule has 2 rings (SSSR count). The summed E-state index contributed by atoms with van der Waals surface area (Å²) < 4.78 is 5.47. The van der Waals surface area contributed by atoms with Gasteiger partial charge in [0.1, 0.15) is 23.8 Å². The minimum Gasteiger partial charge on any atom is -0.505 e. The Hall–Kier alpha value is -2.36. The van der Waals surface area contributed by atoms with Gasteiger partial charge in [0.25, 0.3) is 0 Å². The fourth-order valence-corrected chi connectivity index (χ4v) is 1.41. The number of benzene rings is 2. The summed E-state index contributed by atoms with van der Waals surface area (Å²) >= 11 is 0. The van der Waals surface area contributed by atoms with Crippen molar-refractivity contribution in [3.63, 3.8) is 0 Å². The average molecular weight is 229 g/mol. The van der Waals surface area contributed by atoms with Gasteiger partial charge in [-0.15, -0.1) is 4.91 Å². The van der Waals surface area contributed by atoms with Crippen molar-refractivity contribution in [1.29, 1.82) is 0 Å². The standard InChI is InChI=1S/C13H11NO3/c15-13-8-11(6-7-12(13)14-16)17-9-10-4-2-1-3-5-10/h1-8,15H,9H2. The van der Waals surface area contributed by atoms with Crippen molar-refractivity contribution in [2.75, 3.05) is 0 Å². The third-order valence-electron chi connectivity index (χ3n) is 2.29. The Balaban J connectivity index is 2.05. The molecule has 86 valence electrons. The van der Waals surface area contributed by atoms with Gasteiger partial charge in [-0.1, -0.05) is 30.3 Å². The monoisotopic (exact) mass is 229 g/mol. The quantitative estimate of drug-likeness (QED) is 0.817. The van der Waals surface area contributed by atoms with E-state index in [2.05, 4.69) is 5.18 Å². The Bertz CT molecular complexity index is 511. The highest BCUT2D eigenvalue weighted by atomic mass is 16.5. The number of hydrogen-bond donors (Lipinski definition) is 1. The van der Waals surface area contributed by atoms with Crippen molar-refractivity contribution in [2.24, 2.45) is 5.18 Å². The van der Waals surface area contributed by atoms with Gasteiger partial charge in [-0.25, -0.2) is 0 Å². The Morgan fingerprint density at radius 1 is 1.12 bits per heavy atom. The Labute approximate surface area is 98.5 Å². The number of nitroso groups, excluding NO2 is 1. The molecule has 0 aromatic heterocycles. The van der Waals surface area contributed by atoms with Crippen LogP contribution < -0.4 is 4.74 Å². The predicted octanol–water partition coefficient (Wildman–Crippen LogP) is 3.37. The highest BCUT2D eigenvalue weighted by molar-refractivity contribution is 5.53. The Kier molecular flexibility index (Phi) is 3.35. The summed E-state index contributed by atoms with van der Waals surface area (Å²) in [5.74, 6) is 0.323. The maximum atomic E-state index is 10.3. The van der Waals surface area contributed by atoms with Gasteiger partial charge in [-0.05, 0) is 22.9 Å². The fraction of sp³-hybridized carbons (Fsp3) is 0.0769. The lowest BCUT2D eigenvalue weighted by Crippen LogP contribution is -1.94. The number of phenolic OH excluding ortho intramolecular Hbond substituents is 1. The zero-order valence-electron chi connectivity index (χ0n) is 9.04. The second kappa shape index (κ2) is 5.12. The van der Waals surface area contributed by atoms with E-state index in [1.807, 2.05) is 30.3 Å². The van der Waals surface area contributed by atoms with Gasteiger partial charge in [0.05, 0.1) is 0 Å². The minimum atomic E-state index is -0.175. The number of aromatic hydroxyl groups is 1.